The first-order valence-corrected chi connectivity index (χ1v) is 12.5. The van der Waals surface area contributed by atoms with Crippen LogP contribution in [0.5, 0.6) is 0 Å². The maximum Gasteiger partial charge on any atom is 0.435 e. The lowest BCUT2D eigenvalue weighted by atomic mass is 9.90. The van der Waals surface area contributed by atoms with Gasteiger partial charge >= 0.3 is 6.18 Å². The third-order valence-corrected chi connectivity index (χ3v) is 7.53. The molecule has 196 valence electrons. The fourth-order valence-electron chi connectivity index (χ4n) is 4.56. The molecule has 0 radical (unpaired) electrons. The molecule has 1 fully saturated rings. The molecule has 5 rings (SSSR count). The zero-order valence-electron chi connectivity index (χ0n) is 19.6. The number of carbonyl (C=O) groups is 1. The van der Waals surface area contributed by atoms with Crippen LogP contribution in [0.2, 0.25) is 0 Å². The van der Waals surface area contributed by atoms with E-state index in [-0.39, 0.29) is 35.9 Å². The normalized spacial score (nSPS) is 22.1. The van der Waals surface area contributed by atoms with Gasteiger partial charge in [0.1, 0.15) is 23.9 Å². The third-order valence-electron chi connectivity index (χ3n) is 6.53. The minimum absolute atomic E-state index is 0.0406. The van der Waals surface area contributed by atoms with Crippen LogP contribution in [0.25, 0.3) is 0 Å². The number of hydrogen-bond donors (Lipinski definition) is 1. The summed E-state index contributed by atoms with van der Waals surface area (Å²) in [5.74, 6) is -1.71. The Morgan fingerprint density at radius 3 is 2.73 bits per heavy atom. The number of nitrogens with zero attached hydrogens (tertiary/aromatic N) is 4. The Kier molecular flexibility index (Phi) is 6.84. The summed E-state index contributed by atoms with van der Waals surface area (Å²) < 4.78 is 68.1. The maximum absolute atomic E-state index is 14.1. The van der Waals surface area contributed by atoms with Gasteiger partial charge in [0, 0.05) is 23.4 Å². The zero-order chi connectivity index (χ0) is 26.3. The molecule has 0 spiro atoms. The van der Waals surface area contributed by atoms with Gasteiger partial charge in [0.15, 0.2) is 17.6 Å². The van der Waals surface area contributed by atoms with Gasteiger partial charge in [-0.2, -0.15) is 18.3 Å². The largest absolute Gasteiger partial charge is 0.435 e. The Morgan fingerprint density at radius 2 is 2.03 bits per heavy atom. The number of nitrogens with one attached hydrogen (secondary N) is 1. The smallest absolute Gasteiger partial charge is 0.387 e. The van der Waals surface area contributed by atoms with E-state index in [0.29, 0.717) is 24.4 Å². The Morgan fingerprint density at radius 1 is 1.27 bits per heavy atom. The van der Waals surface area contributed by atoms with Gasteiger partial charge in [-0.25, -0.2) is 13.8 Å². The van der Waals surface area contributed by atoms with Crippen LogP contribution in [0.1, 0.15) is 58.9 Å². The molecular formula is C24H22F5N5O2S. The Labute approximate surface area is 212 Å². The monoisotopic (exact) mass is 539 g/mol. The van der Waals surface area contributed by atoms with E-state index in [1.807, 2.05) is 0 Å². The Balaban J connectivity index is 1.23. The highest BCUT2D eigenvalue weighted by molar-refractivity contribution is 7.10. The van der Waals surface area contributed by atoms with Crippen LogP contribution in [0, 0.1) is 18.6 Å². The van der Waals surface area contributed by atoms with Gasteiger partial charge in [-0.3, -0.25) is 9.48 Å². The molecule has 3 atom stereocenters. The van der Waals surface area contributed by atoms with E-state index < -0.39 is 35.7 Å². The second kappa shape index (κ2) is 9.93. The fourth-order valence-corrected chi connectivity index (χ4v) is 5.54. The molecule has 1 aromatic carbocycles. The van der Waals surface area contributed by atoms with E-state index in [1.165, 1.54) is 36.5 Å². The molecule has 2 aliphatic heterocycles. The zero-order valence-corrected chi connectivity index (χ0v) is 20.4. The molecular weight excluding hydrogens is 517 g/mol. The standard InChI is InChI=1S/C24H22F5N5O2S/c1-12-7-21(24(27,28)29)32-34(12)10-19(35)17-8-13(5-6-30-17)23-31-18(11-37-23)16-9-20(36-33-16)22-14(25)3-2-4-15(22)26/h2-4,7,11,13,17,20,30H,5-6,8-10H2,1H3. The number of aromatic nitrogens is 3. The van der Waals surface area contributed by atoms with Crippen LogP contribution in [0.3, 0.4) is 0 Å². The van der Waals surface area contributed by atoms with Crippen molar-refractivity contribution in [2.75, 3.05) is 6.54 Å². The number of alkyl halides is 3. The summed E-state index contributed by atoms with van der Waals surface area (Å²) in [7, 11) is 0. The van der Waals surface area contributed by atoms with Crippen molar-refractivity contribution >= 4 is 22.8 Å². The summed E-state index contributed by atoms with van der Waals surface area (Å²) >= 11 is 1.40. The van der Waals surface area contributed by atoms with Crippen molar-refractivity contribution in [2.45, 2.75) is 57.0 Å². The molecule has 0 amide bonds. The van der Waals surface area contributed by atoms with Gasteiger partial charge in [-0.05, 0) is 44.5 Å². The molecule has 2 aromatic heterocycles. The van der Waals surface area contributed by atoms with Crippen LogP contribution in [0.15, 0.2) is 34.8 Å². The van der Waals surface area contributed by atoms with E-state index in [9.17, 15) is 26.7 Å². The Hall–Kier alpha value is -3.19. The predicted octanol–water partition coefficient (Wildman–Crippen LogP) is 4.92. The van der Waals surface area contributed by atoms with Crippen molar-refractivity contribution in [3.8, 4) is 0 Å². The van der Waals surface area contributed by atoms with Gasteiger partial charge in [0.05, 0.1) is 22.3 Å². The first-order chi connectivity index (χ1) is 17.6. The van der Waals surface area contributed by atoms with Gasteiger partial charge < -0.3 is 10.2 Å². The lowest BCUT2D eigenvalue weighted by Gasteiger charge is -2.28. The van der Waals surface area contributed by atoms with Crippen molar-refractivity contribution in [3.63, 3.8) is 0 Å². The van der Waals surface area contributed by atoms with Crippen molar-refractivity contribution < 1.29 is 31.6 Å². The minimum Gasteiger partial charge on any atom is -0.387 e. The maximum atomic E-state index is 14.1. The first-order valence-electron chi connectivity index (χ1n) is 11.6. The van der Waals surface area contributed by atoms with Gasteiger partial charge in [-0.1, -0.05) is 11.2 Å². The highest BCUT2D eigenvalue weighted by atomic mass is 32.1. The van der Waals surface area contributed by atoms with E-state index in [0.717, 1.165) is 22.2 Å². The number of benzene rings is 1. The molecule has 37 heavy (non-hydrogen) atoms. The second-order valence-corrected chi connectivity index (χ2v) is 9.95. The van der Waals surface area contributed by atoms with Crippen molar-refractivity contribution in [2.24, 2.45) is 5.16 Å². The van der Waals surface area contributed by atoms with Gasteiger partial charge in [0.2, 0.25) is 0 Å². The highest BCUT2D eigenvalue weighted by Crippen LogP contribution is 2.35. The number of aryl methyl sites for hydroxylation is 1. The van der Waals surface area contributed by atoms with Crippen molar-refractivity contribution in [3.05, 3.63) is 68.9 Å². The van der Waals surface area contributed by atoms with Crippen LogP contribution < -0.4 is 5.32 Å². The summed E-state index contributed by atoms with van der Waals surface area (Å²) in [4.78, 5) is 22.8. The molecule has 0 saturated carbocycles. The lowest BCUT2D eigenvalue weighted by molar-refractivity contribution is -0.141. The van der Waals surface area contributed by atoms with Gasteiger partial charge in [-0.15, -0.1) is 11.3 Å². The van der Waals surface area contributed by atoms with Crippen LogP contribution >= 0.6 is 11.3 Å². The minimum atomic E-state index is -4.58. The topological polar surface area (TPSA) is 81.4 Å². The number of ketones is 1. The van der Waals surface area contributed by atoms with Crippen LogP contribution in [-0.2, 0) is 22.4 Å². The number of rotatable bonds is 6. The molecule has 3 unspecified atom stereocenters. The predicted molar refractivity (Wildman–Crippen MR) is 124 cm³/mol. The van der Waals surface area contributed by atoms with E-state index in [1.54, 1.807) is 5.38 Å². The lowest BCUT2D eigenvalue weighted by Crippen LogP contribution is -2.44. The van der Waals surface area contributed by atoms with Crippen LogP contribution in [-0.4, -0.2) is 38.8 Å². The quantitative estimate of drug-likeness (QED) is 0.450. The average Bonchev–Trinajstić information content (AvgIpc) is 3.59. The molecule has 2 aliphatic rings. The van der Waals surface area contributed by atoms with E-state index in [4.69, 9.17) is 4.84 Å². The number of piperidine rings is 1. The first kappa shape index (κ1) is 25.5. The molecule has 0 aliphatic carbocycles. The molecule has 4 heterocycles. The molecule has 1 N–H and O–H groups in total. The summed E-state index contributed by atoms with van der Waals surface area (Å²) in [6.07, 6.45) is -4.14. The Bertz CT molecular complexity index is 1330. The SMILES string of the molecule is Cc1cc(C(F)(F)F)nn1CC(=O)C1CC(c2nc(C3=NOC(c4c(F)cccc4F)C3)cs2)CCN1. The number of thiazole rings is 1. The van der Waals surface area contributed by atoms with Crippen molar-refractivity contribution in [1.29, 1.82) is 0 Å². The van der Waals surface area contributed by atoms with Crippen molar-refractivity contribution in [1.82, 2.24) is 20.1 Å². The number of halogens is 5. The fraction of sp³-hybridized carbons (Fsp3) is 0.417. The number of Topliss-reactive ketones (excluding diaryl/α,β-unsaturated/α-hetero) is 1. The number of oxime groups is 1. The van der Waals surface area contributed by atoms with E-state index in [2.05, 4.69) is 20.6 Å². The highest BCUT2D eigenvalue weighted by Gasteiger charge is 2.36. The summed E-state index contributed by atoms with van der Waals surface area (Å²) in [5, 5.41) is 13.3. The van der Waals surface area contributed by atoms with Crippen LogP contribution in [0.4, 0.5) is 22.0 Å². The average molecular weight is 540 g/mol. The molecule has 3 aromatic rings. The van der Waals surface area contributed by atoms with Gasteiger partial charge in [0.25, 0.3) is 0 Å². The second-order valence-electron chi connectivity index (χ2n) is 9.06. The molecule has 1 saturated heterocycles. The summed E-state index contributed by atoms with van der Waals surface area (Å²) in [6.45, 7) is 1.75. The van der Waals surface area contributed by atoms with E-state index >= 15 is 0 Å². The molecule has 13 heteroatoms. The number of carbonyl (C=O) groups excluding carboxylic acids is 1. The summed E-state index contributed by atoms with van der Waals surface area (Å²) in [5.41, 5.74) is 0.0807. The summed E-state index contributed by atoms with van der Waals surface area (Å²) in [6, 6.07) is 3.98. The third kappa shape index (κ3) is 5.28. The number of hydrogen-bond acceptors (Lipinski definition) is 7. The molecule has 7 nitrogen and oxygen atoms in total. The molecule has 0 bridgehead atoms.